The van der Waals surface area contributed by atoms with Gasteiger partial charge in [-0.15, -0.1) is 0 Å². The second kappa shape index (κ2) is 8.70. The largest absolute Gasteiger partial charge is 0.383 e. The van der Waals surface area contributed by atoms with E-state index in [1.807, 2.05) is 0 Å². The van der Waals surface area contributed by atoms with Crippen molar-refractivity contribution in [3.63, 3.8) is 0 Å². The highest BCUT2D eigenvalue weighted by molar-refractivity contribution is 4.98. The van der Waals surface area contributed by atoms with E-state index in [-0.39, 0.29) is 0 Å². The summed E-state index contributed by atoms with van der Waals surface area (Å²) >= 11 is 0. The zero-order chi connectivity index (χ0) is 10.8. The van der Waals surface area contributed by atoms with Gasteiger partial charge in [-0.2, -0.15) is 5.26 Å². The molecule has 0 heterocycles. The molecule has 80 valence electrons. The summed E-state index contributed by atoms with van der Waals surface area (Å²) in [5.74, 6) is 0. The van der Waals surface area contributed by atoms with Crippen molar-refractivity contribution in [2.45, 2.75) is 6.42 Å². The first-order chi connectivity index (χ1) is 6.74. The Morgan fingerprint density at radius 2 is 2.29 bits per heavy atom. The minimum atomic E-state index is 0.496. The maximum atomic E-state index is 8.48. The van der Waals surface area contributed by atoms with E-state index in [9.17, 15) is 0 Å². The molecule has 0 aromatic rings. The van der Waals surface area contributed by atoms with E-state index >= 15 is 0 Å². The van der Waals surface area contributed by atoms with E-state index in [1.54, 1.807) is 7.11 Å². The summed E-state index contributed by atoms with van der Waals surface area (Å²) in [5.41, 5.74) is 6.44. The number of nitrogens with zero attached hydrogens (tertiary/aromatic N) is 2. The highest BCUT2D eigenvalue weighted by atomic mass is 16.5. The molecule has 0 aromatic carbocycles. The molecule has 2 N–H and O–H groups in total. The predicted octanol–water partition coefficient (Wildman–Crippen LogP) is 0.363. The fraction of sp³-hybridized carbons (Fsp3) is 0.700. The van der Waals surface area contributed by atoms with Gasteiger partial charge in [-0.05, 0) is 5.57 Å². The molecule has 0 rings (SSSR count). The van der Waals surface area contributed by atoms with Crippen molar-refractivity contribution < 1.29 is 4.74 Å². The lowest BCUT2D eigenvalue weighted by Crippen LogP contribution is -2.31. The van der Waals surface area contributed by atoms with Crippen LogP contribution in [0.4, 0.5) is 0 Å². The summed E-state index contributed by atoms with van der Waals surface area (Å²) in [6.45, 7) is 7.32. The lowest BCUT2D eigenvalue weighted by atomic mass is 10.2. The van der Waals surface area contributed by atoms with Crippen molar-refractivity contribution >= 4 is 0 Å². The Balaban J connectivity index is 3.84. The maximum Gasteiger partial charge on any atom is 0.0635 e. The van der Waals surface area contributed by atoms with Gasteiger partial charge >= 0.3 is 0 Å². The fourth-order valence-electron chi connectivity index (χ4n) is 1.08. The molecule has 0 aliphatic heterocycles. The van der Waals surface area contributed by atoms with Crippen LogP contribution < -0.4 is 5.73 Å². The smallest absolute Gasteiger partial charge is 0.0635 e. The Kier molecular flexibility index (Phi) is 8.14. The molecule has 0 saturated heterocycles. The number of nitriles is 1. The summed E-state index contributed by atoms with van der Waals surface area (Å²) in [6, 6.07) is 2.12. The lowest BCUT2D eigenvalue weighted by molar-refractivity contribution is 0.154. The van der Waals surface area contributed by atoms with Crippen molar-refractivity contribution in [3.8, 4) is 6.07 Å². The second-order valence-electron chi connectivity index (χ2n) is 3.13. The van der Waals surface area contributed by atoms with Gasteiger partial charge < -0.3 is 10.5 Å². The molecule has 14 heavy (non-hydrogen) atoms. The van der Waals surface area contributed by atoms with Gasteiger partial charge in [0.05, 0.1) is 12.7 Å². The Bertz CT molecular complexity index is 198. The number of methoxy groups -OCH3 is 1. The van der Waals surface area contributed by atoms with E-state index in [0.717, 1.165) is 25.2 Å². The second-order valence-corrected chi connectivity index (χ2v) is 3.13. The highest BCUT2D eigenvalue weighted by Crippen LogP contribution is 1.97. The first-order valence-corrected chi connectivity index (χ1v) is 4.69. The number of nitrogens with two attached hydrogens (primary N) is 1. The standard InChI is InChI=1S/C10H19N3O/c1-10(8-12)9-13(5-3-4-11)6-7-14-2/h1,3,5-9,12H2,2H3. The zero-order valence-electron chi connectivity index (χ0n) is 8.83. The third kappa shape index (κ3) is 6.61. The molecule has 4 heteroatoms. The van der Waals surface area contributed by atoms with Crippen LogP contribution in [-0.4, -0.2) is 44.8 Å². The quantitative estimate of drug-likeness (QED) is 0.571. The van der Waals surface area contributed by atoms with Crippen LogP contribution in [0.1, 0.15) is 6.42 Å². The minimum absolute atomic E-state index is 0.496. The molecule has 0 amide bonds. The molecular weight excluding hydrogens is 178 g/mol. The van der Waals surface area contributed by atoms with Crippen LogP contribution in [0.3, 0.4) is 0 Å². The van der Waals surface area contributed by atoms with Gasteiger partial charge in [0.25, 0.3) is 0 Å². The molecule has 0 aliphatic rings. The number of hydrogen-bond acceptors (Lipinski definition) is 4. The molecule has 4 nitrogen and oxygen atoms in total. The summed E-state index contributed by atoms with van der Waals surface area (Å²) < 4.78 is 4.98. The molecule has 0 spiro atoms. The predicted molar refractivity (Wildman–Crippen MR) is 56.7 cm³/mol. The van der Waals surface area contributed by atoms with Gasteiger partial charge in [0.1, 0.15) is 0 Å². The molecule has 0 unspecified atom stereocenters. The van der Waals surface area contributed by atoms with E-state index in [4.69, 9.17) is 15.7 Å². The molecular formula is C10H19N3O. The Morgan fingerprint density at radius 1 is 1.57 bits per heavy atom. The lowest BCUT2D eigenvalue weighted by Gasteiger charge is -2.21. The monoisotopic (exact) mass is 197 g/mol. The Morgan fingerprint density at radius 3 is 2.79 bits per heavy atom. The molecule has 0 radical (unpaired) electrons. The van der Waals surface area contributed by atoms with Gasteiger partial charge in [0, 0.05) is 39.7 Å². The van der Waals surface area contributed by atoms with Crippen LogP contribution in [0.15, 0.2) is 12.2 Å². The molecule has 0 aromatic heterocycles. The van der Waals surface area contributed by atoms with Gasteiger partial charge in [-0.3, -0.25) is 4.90 Å². The Hall–Kier alpha value is -0.890. The molecule has 0 saturated carbocycles. The van der Waals surface area contributed by atoms with Crippen molar-refractivity contribution in [1.29, 1.82) is 5.26 Å². The number of rotatable bonds is 8. The first kappa shape index (κ1) is 13.1. The van der Waals surface area contributed by atoms with Crippen molar-refractivity contribution in [1.82, 2.24) is 4.90 Å². The highest BCUT2D eigenvalue weighted by Gasteiger charge is 2.04. The Labute approximate surface area is 85.9 Å². The van der Waals surface area contributed by atoms with E-state index in [1.165, 1.54) is 0 Å². The molecule has 0 fully saturated rings. The van der Waals surface area contributed by atoms with Gasteiger partial charge in [-0.1, -0.05) is 6.58 Å². The average Bonchev–Trinajstić information content (AvgIpc) is 2.21. The maximum absolute atomic E-state index is 8.48. The molecule has 0 atom stereocenters. The fourth-order valence-corrected chi connectivity index (χ4v) is 1.08. The van der Waals surface area contributed by atoms with Crippen LogP contribution in [0, 0.1) is 11.3 Å². The molecule has 0 aliphatic carbocycles. The van der Waals surface area contributed by atoms with Crippen LogP contribution >= 0.6 is 0 Å². The van der Waals surface area contributed by atoms with Crippen LogP contribution in [0.2, 0.25) is 0 Å². The summed E-state index contributed by atoms with van der Waals surface area (Å²) in [6.07, 6.45) is 0.529. The third-order valence-corrected chi connectivity index (χ3v) is 1.89. The van der Waals surface area contributed by atoms with Crippen LogP contribution in [-0.2, 0) is 4.74 Å². The van der Waals surface area contributed by atoms with E-state index < -0.39 is 0 Å². The normalized spacial score (nSPS) is 10.1. The number of hydrogen-bond donors (Lipinski definition) is 1. The van der Waals surface area contributed by atoms with Crippen molar-refractivity contribution in [3.05, 3.63) is 12.2 Å². The van der Waals surface area contributed by atoms with Gasteiger partial charge in [-0.25, -0.2) is 0 Å². The van der Waals surface area contributed by atoms with Gasteiger partial charge in [0.15, 0.2) is 0 Å². The van der Waals surface area contributed by atoms with Crippen molar-refractivity contribution in [2.24, 2.45) is 5.73 Å². The van der Waals surface area contributed by atoms with Crippen molar-refractivity contribution in [2.75, 3.05) is 39.9 Å². The topological polar surface area (TPSA) is 62.3 Å². The molecule has 0 bridgehead atoms. The minimum Gasteiger partial charge on any atom is -0.383 e. The van der Waals surface area contributed by atoms with Crippen LogP contribution in [0.25, 0.3) is 0 Å². The van der Waals surface area contributed by atoms with E-state index in [0.29, 0.717) is 19.6 Å². The number of ether oxygens (including phenoxy) is 1. The first-order valence-electron chi connectivity index (χ1n) is 4.69. The third-order valence-electron chi connectivity index (χ3n) is 1.89. The SMILES string of the molecule is C=C(CN)CN(CCC#N)CCOC. The summed E-state index contributed by atoms with van der Waals surface area (Å²) in [7, 11) is 1.67. The summed E-state index contributed by atoms with van der Waals surface area (Å²) in [5, 5.41) is 8.48. The van der Waals surface area contributed by atoms with E-state index in [2.05, 4.69) is 17.5 Å². The average molecular weight is 197 g/mol. The summed E-state index contributed by atoms with van der Waals surface area (Å²) in [4.78, 5) is 2.13. The van der Waals surface area contributed by atoms with Gasteiger partial charge in [0.2, 0.25) is 0 Å². The van der Waals surface area contributed by atoms with Crippen LogP contribution in [0.5, 0.6) is 0 Å². The zero-order valence-corrected chi connectivity index (χ0v) is 8.83.